The SMILES string of the molecule is CCCCc1ccc(C(Cl)(Cl)C(Cl)(Cl)C(Cl)(Cl)Cl)cc1C(Cl)(Cl)C(Cl)(Cl)C(Cl)(Cl)Cl. The van der Waals surface area contributed by atoms with Crippen LogP contribution in [0.5, 0.6) is 0 Å². The van der Waals surface area contributed by atoms with Crippen molar-refractivity contribution in [3.05, 3.63) is 34.9 Å². The van der Waals surface area contributed by atoms with Crippen molar-refractivity contribution < 1.29 is 0 Å². The lowest BCUT2D eigenvalue weighted by atomic mass is 9.93. The van der Waals surface area contributed by atoms with Gasteiger partial charge in [0.15, 0.2) is 8.67 Å². The van der Waals surface area contributed by atoms with E-state index in [4.69, 9.17) is 162 Å². The summed E-state index contributed by atoms with van der Waals surface area (Å²) in [4.78, 5) is 0. The van der Waals surface area contributed by atoms with Gasteiger partial charge in [-0.15, -0.1) is 0 Å². The lowest BCUT2D eigenvalue weighted by Gasteiger charge is -2.41. The van der Waals surface area contributed by atoms with Crippen LogP contribution in [-0.2, 0) is 15.1 Å². The van der Waals surface area contributed by atoms with E-state index in [2.05, 4.69) is 0 Å². The first-order valence-electron chi connectivity index (χ1n) is 7.94. The van der Waals surface area contributed by atoms with Crippen molar-refractivity contribution >= 4 is 162 Å². The fourth-order valence-electron chi connectivity index (χ4n) is 2.36. The highest BCUT2D eigenvalue weighted by Crippen LogP contribution is 2.63. The van der Waals surface area contributed by atoms with E-state index in [1.54, 1.807) is 6.07 Å². The van der Waals surface area contributed by atoms with Crippen molar-refractivity contribution in [2.75, 3.05) is 0 Å². The molecule has 1 aromatic rings. The van der Waals surface area contributed by atoms with E-state index < -0.39 is 24.9 Å². The third-order valence-corrected chi connectivity index (χ3v) is 12.0. The zero-order valence-electron chi connectivity index (χ0n) is 14.6. The monoisotopic (exact) mass is 694 g/mol. The smallest absolute Gasteiger partial charge is 0.0930 e. The quantitative estimate of drug-likeness (QED) is 0.249. The second kappa shape index (κ2) is 10.7. The Kier molecular flexibility index (Phi) is 11.2. The Bertz CT molecular complexity index is 741. The van der Waals surface area contributed by atoms with Gasteiger partial charge in [0.2, 0.25) is 16.3 Å². The molecule has 174 valence electrons. The average Bonchev–Trinajstić information content (AvgIpc) is 2.57. The number of halogens is 14. The van der Waals surface area contributed by atoms with Crippen LogP contribution >= 0.6 is 162 Å². The van der Waals surface area contributed by atoms with E-state index in [0.29, 0.717) is 12.0 Å². The van der Waals surface area contributed by atoms with Gasteiger partial charge < -0.3 is 0 Å². The zero-order valence-corrected chi connectivity index (χ0v) is 25.2. The van der Waals surface area contributed by atoms with Crippen LogP contribution in [-0.4, -0.2) is 16.3 Å². The third-order valence-electron chi connectivity index (χ3n) is 4.11. The molecule has 0 unspecified atom stereocenters. The Morgan fingerprint density at radius 2 is 1.07 bits per heavy atom. The van der Waals surface area contributed by atoms with Gasteiger partial charge in [-0.1, -0.05) is 188 Å². The average molecular weight is 701 g/mol. The molecule has 0 aliphatic rings. The van der Waals surface area contributed by atoms with Gasteiger partial charge in [0.1, 0.15) is 0 Å². The van der Waals surface area contributed by atoms with Gasteiger partial charge in [-0.05, 0) is 35.6 Å². The number of rotatable bonds is 7. The predicted molar refractivity (Wildman–Crippen MR) is 141 cm³/mol. The largest absolute Gasteiger partial charge is 0.226 e. The summed E-state index contributed by atoms with van der Waals surface area (Å²) in [5.74, 6) is 0. The summed E-state index contributed by atoms with van der Waals surface area (Å²) in [6.45, 7) is 2.00. The molecule has 0 atom stereocenters. The molecule has 0 heterocycles. The first kappa shape index (κ1) is 31.3. The van der Waals surface area contributed by atoms with Crippen LogP contribution < -0.4 is 0 Å². The summed E-state index contributed by atoms with van der Waals surface area (Å²) in [6.07, 6.45) is 2.17. The Labute approximate surface area is 245 Å². The molecule has 1 rings (SSSR count). The minimum atomic E-state index is -2.30. The van der Waals surface area contributed by atoms with Gasteiger partial charge in [0.25, 0.3) is 0 Å². The van der Waals surface area contributed by atoms with Crippen LogP contribution in [0.2, 0.25) is 0 Å². The van der Waals surface area contributed by atoms with Crippen LogP contribution in [0.1, 0.15) is 36.5 Å². The fourth-order valence-corrected chi connectivity index (χ4v) is 5.36. The van der Waals surface area contributed by atoms with E-state index in [-0.39, 0.29) is 11.1 Å². The van der Waals surface area contributed by atoms with E-state index in [9.17, 15) is 0 Å². The highest BCUT2D eigenvalue weighted by atomic mass is 35.6. The summed E-state index contributed by atoms with van der Waals surface area (Å²) in [5.41, 5.74) is 0.877. The molecule has 0 fully saturated rings. The molecule has 0 saturated heterocycles. The van der Waals surface area contributed by atoms with Gasteiger partial charge >= 0.3 is 0 Å². The van der Waals surface area contributed by atoms with E-state index in [1.165, 1.54) is 12.1 Å². The number of alkyl halides is 14. The standard InChI is InChI=1S/C16H12Cl14/c1-2-3-4-8-5-6-9(11(17,18)13(21,22)15(25,26)27)7-10(8)12(19,20)14(23,24)16(28,29)30/h5-7H,2-4H2,1H3. The summed E-state index contributed by atoms with van der Waals surface area (Å²) in [7, 11) is 0. The van der Waals surface area contributed by atoms with Crippen LogP contribution in [0.15, 0.2) is 18.2 Å². The number of aryl methyl sites for hydroxylation is 1. The molecule has 14 heteroatoms. The molecular weight excluding hydrogens is 689 g/mol. The Balaban J connectivity index is 3.78. The Morgan fingerprint density at radius 3 is 1.47 bits per heavy atom. The van der Waals surface area contributed by atoms with E-state index >= 15 is 0 Å². The summed E-state index contributed by atoms with van der Waals surface area (Å²) in [5, 5.41) is 0. The van der Waals surface area contributed by atoms with Gasteiger partial charge in [0.05, 0.1) is 0 Å². The van der Waals surface area contributed by atoms with Crippen molar-refractivity contribution in [3.8, 4) is 0 Å². The number of hydrogen-bond donors (Lipinski definition) is 0. The van der Waals surface area contributed by atoms with Crippen molar-refractivity contribution in [3.63, 3.8) is 0 Å². The molecule has 0 nitrogen and oxygen atoms in total. The highest BCUT2D eigenvalue weighted by molar-refractivity contribution is 6.79. The van der Waals surface area contributed by atoms with Gasteiger partial charge in [-0.3, -0.25) is 0 Å². The second-order valence-electron chi connectivity index (χ2n) is 6.27. The zero-order chi connectivity index (χ0) is 24.0. The fraction of sp³-hybridized carbons (Fsp3) is 0.625. The topological polar surface area (TPSA) is 0 Å². The lowest BCUT2D eigenvalue weighted by molar-refractivity contribution is 0.670. The molecule has 0 aliphatic heterocycles. The van der Waals surface area contributed by atoms with Crippen LogP contribution in [0.3, 0.4) is 0 Å². The summed E-state index contributed by atoms with van der Waals surface area (Å²) in [6, 6.07) is 4.52. The minimum absolute atomic E-state index is 0.0801. The van der Waals surface area contributed by atoms with E-state index in [1.807, 2.05) is 6.92 Å². The third kappa shape index (κ3) is 6.15. The minimum Gasteiger partial charge on any atom is -0.0930 e. The van der Waals surface area contributed by atoms with Crippen molar-refractivity contribution in [2.24, 2.45) is 0 Å². The van der Waals surface area contributed by atoms with E-state index in [0.717, 1.165) is 12.8 Å². The van der Waals surface area contributed by atoms with Crippen molar-refractivity contribution in [1.82, 2.24) is 0 Å². The van der Waals surface area contributed by atoms with Crippen molar-refractivity contribution in [2.45, 2.75) is 51.1 Å². The Morgan fingerprint density at radius 1 is 0.633 bits per heavy atom. The maximum absolute atomic E-state index is 6.57. The maximum atomic E-state index is 6.57. The molecule has 30 heavy (non-hydrogen) atoms. The van der Waals surface area contributed by atoms with Crippen LogP contribution in [0.25, 0.3) is 0 Å². The maximum Gasteiger partial charge on any atom is 0.226 e. The van der Waals surface area contributed by atoms with Crippen LogP contribution in [0.4, 0.5) is 0 Å². The van der Waals surface area contributed by atoms with Crippen LogP contribution in [0, 0.1) is 0 Å². The highest BCUT2D eigenvalue weighted by Gasteiger charge is 2.63. The molecule has 0 bridgehead atoms. The molecule has 0 spiro atoms. The molecule has 0 N–H and O–H groups in total. The lowest BCUT2D eigenvalue weighted by Crippen LogP contribution is -2.46. The molecule has 0 amide bonds. The number of hydrogen-bond acceptors (Lipinski definition) is 0. The Hall–Kier alpha value is 3.28. The first-order valence-corrected chi connectivity index (χ1v) is 13.2. The molecule has 0 aromatic heterocycles. The van der Waals surface area contributed by atoms with Gasteiger partial charge in [0, 0.05) is 0 Å². The normalized spacial score (nSPS) is 14.9. The first-order chi connectivity index (χ1) is 13.2. The molecular formula is C16H12Cl14. The van der Waals surface area contributed by atoms with Crippen molar-refractivity contribution in [1.29, 1.82) is 0 Å². The molecule has 0 radical (unpaired) electrons. The molecule has 0 saturated carbocycles. The molecule has 1 aromatic carbocycles. The molecule has 0 aliphatic carbocycles. The number of unbranched alkanes of at least 4 members (excludes halogenated alkanes) is 1. The summed E-state index contributed by atoms with van der Waals surface area (Å²) >= 11 is 86.4. The second-order valence-corrected chi connectivity index (χ2v) is 16.1. The van der Waals surface area contributed by atoms with Gasteiger partial charge in [-0.25, -0.2) is 0 Å². The summed E-state index contributed by atoms with van der Waals surface area (Å²) < 4.78 is -13.5. The predicted octanol–water partition coefficient (Wildman–Crippen LogP) is 11.4. The van der Waals surface area contributed by atoms with Gasteiger partial charge in [-0.2, -0.15) is 0 Å². The number of benzene rings is 1.